The lowest BCUT2D eigenvalue weighted by molar-refractivity contribution is -0.141. The molecule has 16 heavy (non-hydrogen) atoms. The number of aromatic nitrogens is 2. The van der Waals surface area contributed by atoms with Crippen LogP contribution in [0.3, 0.4) is 0 Å². The van der Waals surface area contributed by atoms with Crippen LogP contribution in [0.5, 0.6) is 0 Å². The van der Waals surface area contributed by atoms with Gasteiger partial charge in [0.1, 0.15) is 0 Å². The molecular weight excluding hydrogens is 234 g/mol. The zero-order valence-electron chi connectivity index (χ0n) is 8.33. The van der Waals surface area contributed by atoms with Crippen LogP contribution < -0.4 is 0 Å². The molecular formula is C8H11N3O4S. The third kappa shape index (κ3) is 1.81. The topological polar surface area (TPSA) is 103 Å². The summed E-state index contributed by atoms with van der Waals surface area (Å²) in [5, 5.41) is 8.78. The lowest BCUT2D eigenvalue weighted by atomic mass is 10.1. The lowest BCUT2D eigenvalue weighted by Crippen LogP contribution is -2.30. The minimum absolute atomic E-state index is 0.00135. The SMILES string of the molecule is O=C(O)[C@@H]1CCN(S(=O)(=O)c2cnc[nH]2)C1. The van der Waals surface area contributed by atoms with Gasteiger partial charge in [0.15, 0.2) is 5.03 Å². The van der Waals surface area contributed by atoms with E-state index in [4.69, 9.17) is 5.11 Å². The summed E-state index contributed by atoms with van der Waals surface area (Å²) in [7, 11) is -3.61. The molecule has 1 aliphatic rings. The van der Waals surface area contributed by atoms with E-state index < -0.39 is 21.9 Å². The first-order valence-corrected chi connectivity index (χ1v) is 6.17. The van der Waals surface area contributed by atoms with E-state index in [1.165, 1.54) is 16.8 Å². The molecule has 1 saturated heterocycles. The van der Waals surface area contributed by atoms with Gasteiger partial charge in [-0.3, -0.25) is 4.79 Å². The van der Waals surface area contributed by atoms with Crippen molar-refractivity contribution in [3.8, 4) is 0 Å². The lowest BCUT2D eigenvalue weighted by Gasteiger charge is -2.13. The number of hydrogen-bond acceptors (Lipinski definition) is 4. The highest BCUT2D eigenvalue weighted by Crippen LogP contribution is 2.22. The fraction of sp³-hybridized carbons (Fsp3) is 0.500. The highest BCUT2D eigenvalue weighted by atomic mass is 32.2. The molecule has 0 radical (unpaired) electrons. The molecule has 1 aliphatic heterocycles. The zero-order chi connectivity index (χ0) is 11.8. The van der Waals surface area contributed by atoms with E-state index in [-0.39, 0.29) is 18.1 Å². The van der Waals surface area contributed by atoms with Gasteiger partial charge >= 0.3 is 5.97 Å². The quantitative estimate of drug-likeness (QED) is 0.747. The maximum atomic E-state index is 11.9. The Morgan fingerprint density at radius 1 is 1.62 bits per heavy atom. The maximum Gasteiger partial charge on any atom is 0.307 e. The van der Waals surface area contributed by atoms with E-state index >= 15 is 0 Å². The molecule has 1 aromatic heterocycles. The number of carbonyl (C=O) groups is 1. The van der Waals surface area contributed by atoms with Gasteiger partial charge in [-0.05, 0) is 6.42 Å². The Bertz CT molecular complexity index is 481. The Balaban J connectivity index is 2.19. The highest BCUT2D eigenvalue weighted by molar-refractivity contribution is 7.89. The van der Waals surface area contributed by atoms with Crippen molar-refractivity contribution in [2.45, 2.75) is 11.4 Å². The molecule has 2 heterocycles. The first-order chi connectivity index (χ1) is 7.51. The van der Waals surface area contributed by atoms with Gasteiger partial charge < -0.3 is 10.1 Å². The molecule has 2 rings (SSSR count). The molecule has 1 fully saturated rings. The van der Waals surface area contributed by atoms with E-state index in [0.29, 0.717) is 6.42 Å². The van der Waals surface area contributed by atoms with Gasteiger partial charge in [0, 0.05) is 13.1 Å². The van der Waals surface area contributed by atoms with Crippen molar-refractivity contribution in [2.24, 2.45) is 5.92 Å². The Kier molecular flexibility index (Phi) is 2.68. The van der Waals surface area contributed by atoms with Crippen molar-refractivity contribution in [1.82, 2.24) is 14.3 Å². The van der Waals surface area contributed by atoms with Crippen LogP contribution in [-0.4, -0.2) is 46.9 Å². The minimum Gasteiger partial charge on any atom is -0.481 e. The second-order valence-corrected chi connectivity index (χ2v) is 5.51. The van der Waals surface area contributed by atoms with Gasteiger partial charge in [0.2, 0.25) is 0 Å². The van der Waals surface area contributed by atoms with Crippen molar-refractivity contribution in [2.75, 3.05) is 13.1 Å². The van der Waals surface area contributed by atoms with E-state index in [1.54, 1.807) is 0 Å². The molecule has 0 bridgehead atoms. The van der Waals surface area contributed by atoms with E-state index in [0.717, 1.165) is 0 Å². The van der Waals surface area contributed by atoms with Crippen molar-refractivity contribution in [3.05, 3.63) is 12.5 Å². The predicted octanol–water partition coefficient (Wildman–Crippen LogP) is -0.495. The Labute approximate surface area is 92.2 Å². The molecule has 88 valence electrons. The monoisotopic (exact) mass is 245 g/mol. The van der Waals surface area contributed by atoms with Crippen molar-refractivity contribution >= 4 is 16.0 Å². The third-order valence-electron chi connectivity index (χ3n) is 2.59. The summed E-state index contributed by atoms with van der Waals surface area (Å²) in [6, 6.07) is 0. The number of hydrogen-bond donors (Lipinski definition) is 2. The van der Waals surface area contributed by atoms with Crippen LogP contribution >= 0.6 is 0 Å². The van der Waals surface area contributed by atoms with Gasteiger partial charge in [0.25, 0.3) is 10.0 Å². The standard InChI is InChI=1S/C8H11N3O4S/c12-8(13)6-1-2-11(4-6)16(14,15)7-3-9-5-10-7/h3,5-6H,1-2,4H2,(H,9,10)(H,12,13)/t6-/m1/s1. The van der Waals surface area contributed by atoms with E-state index in [9.17, 15) is 13.2 Å². The normalized spacial score (nSPS) is 22.4. The Morgan fingerprint density at radius 3 is 2.88 bits per heavy atom. The van der Waals surface area contributed by atoms with Crippen LogP contribution in [0, 0.1) is 5.92 Å². The molecule has 0 spiro atoms. The number of sulfonamides is 1. The highest BCUT2D eigenvalue weighted by Gasteiger charge is 2.36. The number of aliphatic carboxylic acids is 1. The molecule has 2 N–H and O–H groups in total. The second-order valence-electron chi connectivity index (χ2n) is 3.60. The first kappa shape index (κ1) is 11.1. The number of carboxylic acid groups (broad SMARTS) is 1. The number of carboxylic acids is 1. The predicted molar refractivity (Wildman–Crippen MR) is 53.1 cm³/mol. The largest absolute Gasteiger partial charge is 0.481 e. The minimum atomic E-state index is -3.61. The molecule has 8 heteroatoms. The Morgan fingerprint density at radius 2 is 2.38 bits per heavy atom. The molecule has 0 aromatic carbocycles. The molecule has 0 unspecified atom stereocenters. The number of nitrogens with zero attached hydrogens (tertiary/aromatic N) is 2. The molecule has 7 nitrogen and oxygen atoms in total. The number of rotatable bonds is 3. The average Bonchev–Trinajstić information content (AvgIpc) is 2.90. The summed E-state index contributed by atoms with van der Waals surface area (Å²) in [5.74, 6) is -1.57. The van der Waals surface area contributed by atoms with Gasteiger partial charge in [-0.2, -0.15) is 4.31 Å². The fourth-order valence-corrected chi connectivity index (χ4v) is 3.07. The summed E-state index contributed by atoms with van der Waals surface area (Å²) in [5.41, 5.74) is 0. The average molecular weight is 245 g/mol. The van der Waals surface area contributed by atoms with Gasteiger partial charge in [0.05, 0.1) is 18.4 Å². The van der Waals surface area contributed by atoms with Crippen LogP contribution in [0.25, 0.3) is 0 Å². The molecule has 1 atom stereocenters. The number of aromatic amines is 1. The summed E-state index contributed by atoms with van der Waals surface area (Å²) >= 11 is 0. The molecule has 0 amide bonds. The van der Waals surface area contributed by atoms with Crippen LogP contribution in [-0.2, 0) is 14.8 Å². The van der Waals surface area contributed by atoms with Crippen molar-refractivity contribution < 1.29 is 18.3 Å². The van der Waals surface area contributed by atoms with Crippen LogP contribution in [0.1, 0.15) is 6.42 Å². The van der Waals surface area contributed by atoms with Crippen LogP contribution in [0.15, 0.2) is 17.6 Å². The summed E-state index contributed by atoms with van der Waals surface area (Å²) < 4.78 is 25.0. The second kappa shape index (κ2) is 3.87. The summed E-state index contributed by atoms with van der Waals surface area (Å²) in [6.07, 6.45) is 2.84. The molecule has 1 aromatic rings. The zero-order valence-corrected chi connectivity index (χ0v) is 9.14. The van der Waals surface area contributed by atoms with Gasteiger partial charge in [-0.1, -0.05) is 0 Å². The number of nitrogens with one attached hydrogen (secondary N) is 1. The van der Waals surface area contributed by atoms with Crippen molar-refractivity contribution in [1.29, 1.82) is 0 Å². The first-order valence-electron chi connectivity index (χ1n) is 4.73. The third-order valence-corrected chi connectivity index (χ3v) is 4.38. The maximum absolute atomic E-state index is 11.9. The van der Waals surface area contributed by atoms with Crippen LogP contribution in [0.2, 0.25) is 0 Å². The summed E-state index contributed by atoms with van der Waals surface area (Å²) in [4.78, 5) is 16.9. The van der Waals surface area contributed by atoms with Crippen LogP contribution in [0.4, 0.5) is 0 Å². The van der Waals surface area contributed by atoms with E-state index in [1.807, 2.05) is 0 Å². The smallest absolute Gasteiger partial charge is 0.307 e. The van der Waals surface area contributed by atoms with Gasteiger partial charge in [-0.25, -0.2) is 13.4 Å². The summed E-state index contributed by atoms with van der Waals surface area (Å²) in [6.45, 7) is 0.259. The number of imidazole rings is 1. The molecule has 0 saturated carbocycles. The van der Waals surface area contributed by atoms with Gasteiger partial charge in [-0.15, -0.1) is 0 Å². The number of H-pyrrole nitrogens is 1. The van der Waals surface area contributed by atoms with E-state index in [2.05, 4.69) is 9.97 Å². The Hall–Kier alpha value is -1.41. The fourth-order valence-electron chi connectivity index (χ4n) is 1.67. The molecule has 0 aliphatic carbocycles. The van der Waals surface area contributed by atoms with Crippen molar-refractivity contribution in [3.63, 3.8) is 0 Å².